The normalized spacial score (nSPS) is 12.5. The van der Waals surface area contributed by atoms with Crippen molar-refractivity contribution in [1.29, 1.82) is 0 Å². The molecule has 18 heavy (non-hydrogen) atoms. The highest BCUT2D eigenvalue weighted by Gasteiger charge is 2.23. The van der Waals surface area contributed by atoms with Crippen molar-refractivity contribution in [3.8, 4) is 0 Å². The first-order chi connectivity index (χ1) is 8.60. The van der Waals surface area contributed by atoms with E-state index in [4.69, 9.17) is 10.6 Å². The molecule has 1 aromatic carbocycles. The zero-order valence-electron chi connectivity index (χ0n) is 10.5. The fourth-order valence-electron chi connectivity index (χ4n) is 1.66. The van der Waals surface area contributed by atoms with E-state index in [1.807, 2.05) is 0 Å². The molecular weight excluding hydrogens is 237 g/mol. The molecule has 1 unspecified atom stereocenters. The van der Waals surface area contributed by atoms with Crippen LogP contribution in [0.15, 0.2) is 24.3 Å². The van der Waals surface area contributed by atoms with Crippen LogP contribution >= 0.6 is 0 Å². The number of carbonyl (C=O) groups excluding carboxylic acids is 1. The van der Waals surface area contributed by atoms with E-state index in [2.05, 4.69) is 5.43 Å². The van der Waals surface area contributed by atoms with Crippen molar-refractivity contribution in [2.45, 2.75) is 12.6 Å². The Bertz CT molecular complexity index is 401. The van der Waals surface area contributed by atoms with Crippen molar-refractivity contribution < 1.29 is 13.9 Å². The molecule has 0 saturated carbocycles. The summed E-state index contributed by atoms with van der Waals surface area (Å²) >= 11 is 0. The quantitative estimate of drug-likeness (QED) is 0.435. The molecule has 1 amide bonds. The summed E-state index contributed by atoms with van der Waals surface area (Å²) in [5.41, 5.74) is 2.60. The first-order valence-electron chi connectivity index (χ1n) is 5.53. The summed E-state index contributed by atoms with van der Waals surface area (Å²) in [6, 6.07) is 5.88. The molecule has 0 spiro atoms. The Balaban J connectivity index is 2.75. The fraction of sp³-hybridized carbons (Fsp3) is 0.417. The molecule has 0 fully saturated rings. The summed E-state index contributed by atoms with van der Waals surface area (Å²) in [4.78, 5) is 13.3. The molecule has 0 bridgehead atoms. The van der Waals surface area contributed by atoms with Gasteiger partial charge in [0.1, 0.15) is 11.9 Å². The summed E-state index contributed by atoms with van der Waals surface area (Å²) in [5, 5.41) is 0. The minimum atomic E-state index is -0.556. The monoisotopic (exact) mass is 255 g/mol. The third-order valence-electron chi connectivity index (χ3n) is 2.68. The Hall–Kier alpha value is -1.50. The number of benzene rings is 1. The Morgan fingerprint density at radius 3 is 2.78 bits per heavy atom. The van der Waals surface area contributed by atoms with Crippen molar-refractivity contribution >= 4 is 5.91 Å². The summed E-state index contributed by atoms with van der Waals surface area (Å²) in [7, 11) is 3.21. The van der Waals surface area contributed by atoms with Gasteiger partial charge in [0.25, 0.3) is 5.91 Å². The number of likely N-dealkylation sites (N-methyl/N-ethyl adjacent to an activating group) is 1. The second kappa shape index (κ2) is 7.05. The van der Waals surface area contributed by atoms with E-state index in [1.165, 1.54) is 13.2 Å². The van der Waals surface area contributed by atoms with Crippen molar-refractivity contribution in [1.82, 2.24) is 10.3 Å². The maximum Gasteiger partial charge on any atom is 0.253 e. The van der Waals surface area contributed by atoms with Crippen LogP contribution in [0, 0.1) is 5.82 Å². The van der Waals surface area contributed by atoms with Gasteiger partial charge in [-0.15, -0.1) is 0 Å². The van der Waals surface area contributed by atoms with Gasteiger partial charge in [-0.25, -0.2) is 10.2 Å². The fourth-order valence-corrected chi connectivity index (χ4v) is 1.66. The smallest absolute Gasteiger partial charge is 0.253 e. The minimum Gasteiger partial charge on any atom is -0.383 e. The van der Waals surface area contributed by atoms with Crippen LogP contribution in [-0.2, 0) is 16.1 Å². The molecule has 0 radical (unpaired) electrons. The maximum absolute atomic E-state index is 13.5. The molecule has 1 rings (SSSR count). The summed E-state index contributed by atoms with van der Waals surface area (Å²) in [5.74, 6) is 4.45. The van der Waals surface area contributed by atoms with E-state index in [9.17, 15) is 9.18 Å². The summed E-state index contributed by atoms with van der Waals surface area (Å²) < 4.78 is 18.5. The molecule has 0 saturated heterocycles. The first kappa shape index (κ1) is 14.6. The zero-order chi connectivity index (χ0) is 13.5. The number of halogens is 1. The van der Waals surface area contributed by atoms with Gasteiger partial charge < -0.3 is 4.74 Å². The van der Waals surface area contributed by atoms with Gasteiger partial charge in [0.15, 0.2) is 0 Å². The molecule has 0 aliphatic carbocycles. The topological polar surface area (TPSA) is 67.6 Å². The molecular formula is C12H18FN3O2. The molecule has 3 N–H and O–H groups in total. The number of hydrogen-bond donors (Lipinski definition) is 2. The Labute approximate surface area is 106 Å². The van der Waals surface area contributed by atoms with Crippen molar-refractivity contribution in [2.24, 2.45) is 5.84 Å². The summed E-state index contributed by atoms with van der Waals surface area (Å²) in [6.45, 7) is 0.488. The lowest BCUT2D eigenvalue weighted by atomic mass is 10.1. The molecule has 6 heteroatoms. The third-order valence-corrected chi connectivity index (χ3v) is 2.68. The number of amides is 1. The molecule has 0 aliphatic rings. The number of methoxy groups -OCH3 is 1. The summed E-state index contributed by atoms with van der Waals surface area (Å²) in [6.07, 6.45) is 0. The van der Waals surface area contributed by atoms with E-state index in [0.717, 1.165) is 0 Å². The molecule has 5 nitrogen and oxygen atoms in total. The number of nitrogens with zero attached hydrogens (tertiary/aromatic N) is 1. The lowest BCUT2D eigenvalue weighted by Gasteiger charge is -2.25. The Morgan fingerprint density at radius 1 is 1.56 bits per heavy atom. The van der Waals surface area contributed by atoms with Gasteiger partial charge in [-0.1, -0.05) is 18.2 Å². The Kier molecular flexibility index (Phi) is 5.70. The second-order valence-electron chi connectivity index (χ2n) is 3.99. The van der Waals surface area contributed by atoms with Crippen LogP contribution < -0.4 is 11.3 Å². The van der Waals surface area contributed by atoms with Crippen LogP contribution in [0.4, 0.5) is 4.39 Å². The van der Waals surface area contributed by atoms with Gasteiger partial charge in [-0.05, 0) is 13.1 Å². The van der Waals surface area contributed by atoms with Gasteiger partial charge in [-0.2, -0.15) is 0 Å². The number of hydrogen-bond acceptors (Lipinski definition) is 4. The van der Waals surface area contributed by atoms with E-state index in [1.54, 1.807) is 30.1 Å². The Morgan fingerprint density at radius 2 is 2.22 bits per heavy atom. The standard InChI is InChI=1S/C12H18FN3O2/c1-16(11(8-18-2)12(17)15-14)7-9-5-3-4-6-10(9)13/h3-6,11H,7-8,14H2,1-2H3,(H,15,17). The van der Waals surface area contributed by atoms with Gasteiger partial charge in [0, 0.05) is 19.2 Å². The lowest BCUT2D eigenvalue weighted by molar-refractivity contribution is -0.128. The van der Waals surface area contributed by atoms with Gasteiger partial charge in [0.2, 0.25) is 0 Å². The van der Waals surface area contributed by atoms with Crippen LogP contribution in [0.2, 0.25) is 0 Å². The zero-order valence-corrected chi connectivity index (χ0v) is 10.5. The SMILES string of the molecule is COCC(C(=O)NN)N(C)Cc1ccccc1F. The molecule has 100 valence electrons. The van der Waals surface area contributed by atoms with Crippen LogP contribution in [0.25, 0.3) is 0 Å². The maximum atomic E-state index is 13.5. The highest BCUT2D eigenvalue weighted by atomic mass is 19.1. The van der Waals surface area contributed by atoms with Crippen LogP contribution in [0.1, 0.15) is 5.56 Å². The third kappa shape index (κ3) is 3.76. The minimum absolute atomic E-state index is 0.188. The number of nitrogens with two attached hydrogens (primary N) is 1. The van der Waals surface area contributed by atoms with E-state index in [-0.39, 0.29) is 18.3 Å². The highest BCUT2D eigenvalue weighted by molar-refractivity contribution is 5.81. The number of carbonyl (C=O) groups is 1. The number of ether oxygens (including phenoxy) is 1. The number of hydrazine groups is 1. The van der Waals surface area contributed by atoms with Gasteiger partial charge >= 0.3 is 0 Å². The van der Waals surface area contributed by atoms with Crippen molar-refractivity contribution in [3.05, 3.63) is 35.6 Å². The largest absolute Gasteiger partial charge is 0.383 e. The lowest BCUT2D eigenvalue weighted by Crippen LogP contribution is -2.49. The van der Waals surface area contributed by atoms with Gasteiger partial charge in [0.05, 0.1) is 6.61 Å². The van der Waals surface area contributed by atoms with Gasteiger partial charge in [-0.3, -0.25) is 15.1 Å². The first-order valence-corrected chi connectivity index (χ1v) is 5.53. The average Bonchev–Trinajstić information content (AvgIpc) is 2.37. The molecule has 1 atom stereocenters. The molecule has 0 aliphatic heterocycles. The number of rotatable bonds is 6. The highest BCUT2D eigenvalue weighted by Crippen LogP contribution is 2.11. The number of nitrogens with one attached hydrogen (secondary N) is 1. The predicted octanol–water partition coefficient (Wildman–Crippen LogP) is 0.262. The van der Waals surface area contributed by atoms with Crippen LogP contribution in [0.5, 0.6) is 0 Å². The van der Waals surface area contributed by atoms with Crippen molar-refractivity contribution in [2.75, 3.05) is 20.8 Å². The molecule has 0 aromatic heterocycles. The predicted molar refractivity (Wildman–Crippen MR) is 65.9 cm³/mol. The molecule has 1 aromatic rings. The second-order valence-corrected chi connectivity index (χ2v) is 3.99. The van der Waals surface area contributed by atoms with E-state index >= 15 is 0 Å². The van der Waals surface area contributed by atoms with Crippen molar-refractivity contribution in [3.63, 3.8) is 0 Å². The van der Waals surface area contributed by atoms with E-state index in [0.29, 0.717) is 12.1 Å². The van der Waals surface area contributed by atoms with Crippen LogP contribution in [-0.4, -0.2) is 37.6 Å². The molecule has 0 heterocycles. The van der Waals surface area contributed by atoms with E-state index < -0.39 is 6.04 Å². The average molecular weight is 255 g/mol. The van der Waals surface area contributed by atoms with Crippen LogP contribution in [0.3, 0.4) is 0 Å².